The Kier molecular flexibility index (Phi) is 6.22. The second-order valence-corrected chi connectivity index (χ2v) is 6.72. The molecule has 0 aliphatic carbocycles. The van der Waals surface area contributed by atoms with Gasteiger partial charge in [-0.2, -0.15) is 0 Å². The number of nitrogens with one attached hydrogen (secondary N) is 1. The maximum atomic E-state index is 12.4. The number of fused-ring (bicyclic) bond motifs is 1. The molecule has 0 radical (unpaired) electrons. The highest BCUT2D eigenvalue weighted by molar-refractivity contribution is 5.94. The van der Waals surface area contributed by atoms with Crippen molar-refractivity contribution in [1.29, 1.82) is 0 Å². The van der Waals surface area contributed by atoms with Crippen LogP contribution in [0.3, 0.4) is 0 Å². The maximum Gasteiger partial charge on any atom is 0.251 e. The lowest BCUT2D eigenvalue weighted by Crippen LogP contribution is -2.29. The number of hydrogen-bond donors (Lipinski definition) is 1. The Hall–Kier alpha value is -2.69. The molecule has 0 saturated carbocycles. The number of carbonyl (C=O) groups is 1. The number of ether oxygens (including phenoxy) is 2. The van der Waals surface area contributed by atoms with Crippen molar-refractivity contribution in [3.05, 3.63) is 53.1 Å². The highest BCUT2D eigenvalue weighted by atomic mass is 16.5. The molecular formula is C22H28N2O3. The van der Waals surface area contributed by atoms with Gasteiger partial charge in [-0.15, -0.1) is 0 Å². The quantitative estimate of drug-likeness (QED) is 0.813. The van der Waals surface area contributed by atoms with Gasteiger partial charge in [0.2, 0.25) is 0 Å². The molecule has 1 aliphatic rings. The predicted molar refractivity (Wildman–Crippen MR) is 108 cm³/mol. The number of anilines is 1. The second kappa shape index (κ2) is 8.80. The Morgan fingerprint density at radius 1 is 1.11 bits per heavy atom. The summed E-state index contributed by atoms with van der Waals surface area (Å²) in [6, 6.07) is 11.9. The van der Waals surface area contributed by atoms with Crippen molar-refractivity contribution in [2.75, 3.05) is 38.8 Å². The van der Waals surface area contributed by atoms with E-state index < -0.39 is 0 Å². The van der Waals surface area contributed by atoms with Gasteiger partial charge < -0.3 is 19.7 Å². The molecule has 0 bridgehead atoms. The zero-order chi connectivity index (χ0) is 19.2. The van der Waals surface area contributed by atoms with Crippen LogP contribution in [0.4, 0.5) is 5.69 Å². The molecular weight excluding hydrogens is 340 g/mol. The molecule has 0 atom stereocenters. The first-order chi connectivity index (χ1) is 13.2. The molecule has 1 aliphatic heterocycles. The van der Waals surface area contributed by atoms with Crippen LogP contribution in [0.5, 0.6) is 11.5 Å². The average Bonchev–Trinajstić information content (AvgIpc) is 2.72. The molecule has 0 unspecified atom stereocenters. The first kappa shape index (κ1) is 19.1. The van der Waals surface area contributed by atoms with E-state index in [1.807, 2.05) is 0 Å². The van der Waals surface area contributed by atoms with Gasteiger partial charge in [0, 0.05) is 30.9 Å². The lowest BCUT2D eigenvalue weighted by atomic mass is 9.98. The van der Waals surface area contributed by atoms with Crippen molar-refractivity contribution >= 4 is 11.6 Å². The first-order valence-electron chi connectivity index (χ1n) is 9.53. The van der Waals surface area contributed by atoms with E-state index in [0.29, 0.717) is 23.6 Å². The van der Waals surface area contributed by atoms with Gasteiger partial charge in [0.1, 0.15) is 0 Å². The van der Waals surface area contributed by atoms with Gasteiger partial charge in [0.05, 0.1) is 14.2 Å². The van der Waals surface area contributed by atoms with Crippen LogP contribution in [0.2, 0.25) is 0 Å². The van der Waals surface area contributed by atoms with Crippen molar-refractivity contribution in [1.82, 2.24) is 5.32 Å². The summed E-state index contributed by atoms with van der Waals surface area (Å²) in [4.78, 5) is 14.8. The van der Waals surface area contributed by atoms with Crippen LogP contribution in [-0.2, 0) is 12.8 Å². The minimum absolute atomic E-state index is 0.105. The topological polar surface area (TPSA) is 50.8 Å². The van der Waals surface area contributed by atoms with Crippen LogP contribution in [0.25, 0.3) is 0 Å². The van der Waals surface area contributed by atoms with E-state index >= 15 is 0 Å². The van der Waals surface area contributed by atoms with Gasteiger partial charge in [-0.1, -0.05) is 12.1 Å². The summed E-state index contributed by atoms with van der Waals surface area (Å²) in [5, 5.41) is 2.99. The number of nitrogens with zero attached hydrogens (tertiary/aromatic N) is 1. The van der Waals surface area contributed by atoms with Crippen molar-refractivity contribution in [3.8, 4) is 11.5 Å². The standard InChI is InChI=1S/C22H28N2O3/c1-4-24-13-5-6-17-14-16(7-9-19(17)24)11-12-23-22(25)18-8-10-20(26-2)21(15-18)27-3/h7-10,14-15H,4-6,11-13H2,1-3H3,(H,23,25). The average molecular weight is 368 g/mol. The van der Waals surface area contributed by atoms with Gasteiger partial charge >= 0.3 is 0 Å². The lowest BCUT2D eigenvalue weighted by molar-refractivity contribution is 0.0953. The molecule has 2 aromatic rings. The summed E-state index contributed by atoms with van der Waals surface area (Å²) < 4.78 is 10.5. The van der Waals surface area contributed by atoms with Crippen molar-refractivity contribution in [2.45, 2.75) is 26.2 Å². The van der Waals surface area contributed by atoms with E-state index in [0.717, 1.165) is 25.9 Å². The smallest absolute Gasteiger partial charge is 0.251 e. The summed E-state index contributed by atoms with van der Waals surface area (Å²) in [5.41, 5.74) is 4.62. The Morgan fingerprint density at radius 2 is 1.93 bits per heavy atom. The third-order valence-corrected chi connectivity index (χ3v) is 5.09. The minimum atomic E-state index is -0.105. The molecule has 144 valence electrons. The Balaban J connectivity index is 1.59. The van der Waals surface area contributed by atoms with Crippen LogP contribution in [0.15, 0.2) is 36.4 Å². The molecule has 2 aromatic carbocycles. The molecule has 3 rings (SSSR count). The summed E-state index contributed by atoms with van der Waals surface area (Å²) in [6.45, 7) is 4.99. The third-order valence-electron chi connectivity index (χ3n) is 5.09. The van der Waals surface area contributed by atoms with Crippen molar-refractivity contribution < 1.29 is 14.3 Å². The second-order valence-electron chi connectivity index (χ2n) is 6.72. The van der Waals surface area contributed by atoms with Crippen molar-refractivity contribution in [3.63, 3.8) is 0 Å². The molecule has 0 fully saturated rings. The van der Waals surface area contributed by atoms with E-state index in [1.54, 1.807) is 32.4 Å². The predicted octanol–water partition coefficient (Wildman–Crippen LogP) is 3.45. The van der Waals surface area contributed by atoms with Gasteiger partial charge in [0.15, 0.2) is 11.5 Å². The zero-order valence-corrected chi connectivity index (χ0v) is 16.4. The van der Waals surface area contributed by atoms with Crippen LogP contribution < -0.4 is 19.7 Å². The zero-order valence-electron chi connectivity index (χ0n) is 16.4. The number of methoxy groups -OCH3 is 2. The molecule has 0 spiro atoms. The fourth-order valence-electron chi connectivity index (χ4n) is 3.61. The van der Waals surface area contributed by atoms with Crippen LogP contribution in [0.1, 0.15) is 34.8 Å². The lowest BCUT2D eigenvalue weighted by Gasteiger charge is -2.30. The molecule has 27 heavy (non-hydrogen) atoms. The van der Waals surface area contributed by atoms with Crippen LogP contribution >= 0.6 is 0 Å². The molecule has 0 aromatic heterocycles. The third kappa shape index (κ3) is 4.35. The number of hydrogen-bond acceptors (Lipinski definition) is 4. The summed E-state index contributed by atoms with van der Waals surface area (Å²) in [7, 11) is 3.14. The van der Waals surface area contributed by atoms with Gasteiger partial charge in [-0.3, -0.25) is 4.79 Å². The van der Waals surface area contributed by atoms with E-state index in [2.05, 4.69) is 35.3 Å². The monoisotopic (exact) mass is 368 g/mol. The number of rotatable bonds is 7. The van der Waals surface area contributed by atoms with Gasteiger partial charge in [0.25, 0.3) is 5.91 Å². The van der Waals surface area contributed by atoms with Gasteiger partial charge in [-0.25, -0.2) is 0 Å². The molecule has 5 heteroatoms. The Bertz CT molecular complexity index is 804. The molecule has 1 N–H and O–H groups in total. The van der Waals surface area contributed by atoms with E-state index in [-0.39, 0.29) is 5.91 Å². The molecule has 1 heterocycles. The minimum Gasteiger partial charge on any atom is -0.493 e. The Morgan fingerprint density at radius 3 is 2.67 bits per heavy atom. The fourth-order valence-corrected chi connectivity index (χ4v) is 3.61. The van der Waals surface area contributed by atoms with Crippen LogP contribution in [0, 0.1) is 0 Å². The number of benzene rings is 2. The SMILES string of the molecule is CCN1CCCc2cc(CCNC(=O)c3ccc(OC)c(OC)c3)ccc21. The summed E-state index contributed by atoms with van der Waals surface area (Å²) >= 11 is 0. The van der Waals surface area contributed by atoms with E-state index in [4.69, 9.17) is 9.47 Å². The highest BCUT2D eigenvalue weighted by Gasteiger charge is 2.15. The summed E-state index contributed by atoms with van der Waals surface area (Å²) in [5.74, 6) is 1.07. The molecule has 0 saturated heterocycles. The normalized spacial score (nSPS) is 13.1. The van der Waals surface area contributed by atoms with Crippen molar-refractivity contribution in [2.24, 2.45) is 0 Å². The first-order valence-corrected chi connectivity index (χ1v) is 9.53. The molecule has 5 nitrogen and oxygen atoms in total. The number of aryl methyl sites for hydroxylation is 1. The molecule has 1 amide bonds. The van der Waals surface area contributed by atoms with Gasteiger partial charge in [-0.05, 0) is 61.6 Å². The summed E-state index contributed by atoms with van der Waals surface area (Å²) in [6.07, 6.45) is 3.16. The Labute approximate surface area is 161 Å². The highest BCUT2D eigenvalue weighted by Crippen LogP contribution is 2.28. The largest absolute Gasteiger partial charge is 0.493 e. The fraction of sp³-hybridized carbons (Fsp3) is 0.409. The van der Waals surface area contributed by atoms with Crippen LogP contribution in [-0.4, -0.2) is 39.8 Å². The maximum absolute atomic E-state index is 12.4. The van der Waals surface area contributed by atoms with E-state index in [1.165, 1.54) is 23.2 Å². The number of carbonyl (C=O) groups excluding carboxylic acids is 1. The van der Waals surface area contributed by atoms with E-state index in [9.17, 15) is 4.79 Å². The number of amides is 1.